The summed E-state index contributed by atoms with van der Waals surface area (Å²) < 4.78 is 1.61. The van der Waals surface area contributed by atoms with Gasteiger partial charge in [0.15, 0.2) is 5.84 Å². The first-order chi connectivity index (χ1) is 16.1. The molecule has 2 rings (SSSR count). The number of hydrazone groups is 1. The van der Waals surface area contributed by atoms with Crippen molar-refractivity contribution < 1.29 is 44.6 Å². The molecule has 0 spiro atoms. The monoisotopic (exact) mass is 488 g/mol. The van der Waals surface area contributed by atoms with Gasteiger partial charge in [0.05, 0.1) is 17.4 Å². The number of rotatable bonds is 10. The van der Waals surface area contributed by atoms with E-state index in [0.29, 0.717) is 23.7 Å². The number of carbonyl (C=O) groups is 1. The summed E-state index contributed by atoms with van der Waals surface area (Å²) >= 11 is 0. The van der Waals surface area contributed by atoms with Crippen LogP contribution in [0.3, 0.4) is 0 Å². The van der Waals surface area contributed by atoms with E-state index in [1.807, 2.05) is 50.3 Å². The number of hydrazine groups is 1. The van der Waals surface area contributed by atoms with Gasteiger partial charge in [-0.25, -0.2) is 10.8 Å². The molecule has 1 aromatic carbocycles. The number of aliphatic hydroxyl groups is 1. The number of aromatic carboxylic acids is 1. The van der Waals surface area contributed by atoms with Gasteiger partial charge in [-0.1, -0.05) is 56.0 Å². The molecule has 0 atom stereocenters. The molecule has 10 heteroatoms. The Balaban J connectivity index is 0.00000612. The number of carboxylic acids is 1. The average Bonchev–Trinajstić information content (AvgIpc) is 3.16. The Hall–Kier alpha value is -2.69. The van der Waals surface area contributed by atoms with E-state index < -0.39 is 11.6 Å². The Morgan fingerprint density at radius 2 is 1.97 bits per heavy atom. The molecule has 0 aliphatic heterocycles. The van der Waals surface area contributed by atoms with Crippen LogP contribution >= 0.6 is 0 Å². The predicted octanol–water partition coefficient (Wildman–Crippen LogP) is -1.27. The van der Waals surface area contributed by atoms with Gasteiger partial charge >= 0.3 is 29.6 Å². The van der Waals surface area contributed by atoms with Crippen molar-refractivity contribution in [2.45, 2.75) is 52.7 Å². The van der Waals surface area contributed by atoms with Gasteiger partial charge in [-0.2, -0.15) is 5.10 Å². The molecule has 182 valence electrons. The molecule has 0 bridgehead atoms. The first-order valence-corrected chi connectivity index (χ1v) is 11.0. The van der Waals surface area contributed by atoms with Crippen LogP contribution in [0.15, 0.2) is 59.7 Å². The van der Waals surface area contributed by atoms with Crippen molar-refractivity contribution >= 4 is 17.4 Å². The van der Waals surface area contributed by atoms with E-state index in [9.17, 15) is 15.0 Å². The van der Waals surface area contributed by atoms with E-state index in [0.717, 1.165) is 23.1 Å². The van der Waals surface area contributed by atoms with Gasteiger partial charge in [0.2, 0.25) is 0 Å². The van der Waals surface area contributed by atoms with Crippen LogP contribution in [0.1, 0.15) is 67.2 Å². The fourth-order valence-corrected chi connectivity index (χ4v) is 3.75. The molecule has 1 aromatic heterocycles. The Labute approximate surface area is 228 Å². The summed E-state index contributed by atoms with van der Waals surface area (Å²) in [6.07, 6.45) is 6.66. The second kappa shape index (κ2) is 13.4. The van der Waals surface area contributed by atoms with Gasteiger partial charge < -0.3 is 30.8 Å². The molecule has 0 radical (unpaired) electrons. The van der Waals surface area contributed by atoms with Gasteiger partial charge in [-0.05, 0) is 43.9 Å². The Bertz CT molecular complexity index is 1130. The number of carboxylic acid groups (broad SMARTS) is 1. The molecule has 0 aliphatic rings. The number of imidazole rings is 1. The quantitative estimate of drug-likeness (QED) is 0.0812. The van der Waals surface area contributed by atoms with Crippen LogP contribution in [0.4, 0.5) is 0 Å². The fourth-order valence-electron chi connectivity index (χ4n) is 3.75. The van der Waals surface area contributed by atoms with Gasteiger partial charge in [-0.15, -0.1) is 0 Å². The number of carbonyl (C=O) groups excluding carboxylic acids is 1. The molecule has 2 aromatic rings. The minimum atomic E-state index is -1.42. The molecule has 0 saturated heterocycles. The van der Waals surface area contributed by atoms with E-state index in [4.69, 9.17) is 11.7 Å². The van der Waals surface area contributed by atoms with E-state index >= 15 is 0 Å². The first kappa shape index (κ1) is 30.3. The van der Waals surface area contributed by atoms with Crippen molar-refractivity contribution in [3.63, 3.8) is 0 Å². The SMILES string of the molecule is C=C\C=C(C(=C\C)/C(=N/N)NN)\c1ccc(Cn2c(CCC)nc(C(C)(C)O)c2C(=O)[O-])cc1.[Na+]. The minimum absolute atomic E-state index is 0. The van der Waals surface area contributed by atoms with Crippen LogP contribution < -0.4 is 51.8 Å². The van der Waals surface area contributed by atoms with Gasteiger partial charge in [0, 0.05) is 18.5 Å². The van der Waals surface area contributed by atoms with Crippen molar-refractivity contribution in [3.05, 3.63) is 83.0 Å². The Morgan fingerprint density at radius 1 is 1.34 bits per heavy atom. The second-order valence-electron chi connectivity index (χ2n) is 8.25. The van der Waals surface area contributed by atoms with Crippen molar-refractivity contribution in [2.75, 3.05) is 0 Å². The summed E-state index contributed by atoms with van der Waals surface area (Å²) in [6, 6.07) is 7.61. The number of benzene rings is 1. The van der Waals surface area contributed by atoms with Crippen LogP contribution in [0.2, 0.25) is 0 Å². The zero-order valence-electron chi connectivity index (χ0n) is 21.1. The number of hydrogen-bond acceptors (Lipinski definition) is 7. The maximum absolute atomic E-state index is 12.0. The van der Waals surface area contributed by atoms with E-state index in [2.05, 4.69) is 22.1 Å². The Kier molecular flexibility index (Phi) is 11.6. The van der Waals surface area contributed by atoms with Crippen LogP contribution in [0.25, 0.3) is 5.57 Å². The maximum atomic E-state index is 12.0. The Morgan fingerprint density at radius 3 is 2.40 bits per heavy atom. The van der Waals surface area contributed by atoms with Crippen molar-refractivity contribution in [3.8, 4) is 0 Å². The normalized spacial score (nSPS) is 12.8. The van der Waals surface area contributed by atoms with Crippen LogP contribution in [0.5, 0.6) is 0 Å². The number of nitrogens with one attached hydrogen (secondary N) is 1. The van der Waals surface area contributed by atoms with Crippen molar-refractivity contribution in [1.82, 2.24) is 15.0 Å². The molecule has 0 amide bonds. The third kappa shape index (κ3) is 7.16. The predicted molar refractivity (Wildman–Crippen MR) is 132 cm³/mol. The molecule has 9 nitrogen and oxygen atoms in total. The molecule has 6 N–H and O–H groups in total. The average molecular weight is 489 g/mol. The molecule has 0 saturated carbocycles. The van der Waals surface area contributed by atoms with Crippen molar-refractivity contribution in [2.24, 2.45) is 16.8 Å². The molecule has 0 unspecified atom stereocenters. The van der Waals surface area contributed by atoms with Crippen LogP contribution in [-0.4, -0.2) is 26.5 Å². The fraction of sp³-hybridized carbons (Fsp3) is 0.320. The standard InChI is InChI=1S/C25H34N6O3.Na/c1-6-9-19(18(8-3)23(29-26)30-27)17-13-11-16(12-14-17)15-31-20(10-7-2)28-22(25(4,5)34)21(31)24(32)33;/h6,8-9,11-14,34H,1,7,10,15,26-27H2,2-5H3,(H,29,30)(H,32,33);/q;+1/p-1/b18-8+,19-9-;. The largest absolute Gasteiger partial charge is 1.00 e. The van der Waals surface area contributed by atoms with Crippen LogP contribution in [0, 0.1) is 0 Å². The zero-order chi connectivity index (χ0) is 25.5. The maximum Gasteiger partial charge on any atom is 1.00 e. The molecular weight excluding hydrogens is 455 g/mol. The first-order valence-electron chi connectivity index (χ1n) is 11.0. The third-order valence-electron chi connectivity index (χ3n) is 5.28. The molecule has 0 aliphatic carbocycles. The van der Waals surface area contributed by atoms with E-state index in [1.165, 1.54) is 13.8 Å². The summed E-state index contributed by atoms with van der Waals surface area (Å²) in [4.78, 5) is 16.4. The minimum Gasteiger partial charge on any atom is -0.543 e. The summed E-state index contributed by atoms with van der Waals surface area (Å²) in [5.74, 6) is 10.6. The number of amidine groups is 1. The summed E-state index contributed by atoms with van der Waals surface area (Å²) in [5, 5.41) is 26.2. The van der Waals surface area contributed by atoms with Gasteiger partial charge in [0.25, 0.3) is 0 Å². The molecule has 1 heterocycles. The number of allylic oxidation sites excluding steroid dienone is 3. The van der Waals surface area contributed by atoms with Crippen LogP contribution in [-0.2, 0) is 18.6 Å². The smallest absolute Gasteiger partial charge is 0.543 e. The number of hydrogen-bond donors (Lipinski definition) is 4. The molecule has 35 heavy (non-hydrogen) atoms. The number of aryl methyl sites for hydroxylation is 1. The van der Waals surface area contributed by atoms with Gasteiger partial charge in [-0.3, -0.25) is 0 Å². The number of nitrogens with zero attached hydrogens (tertiary/aromatic N) is 3. The number of nitrogens with two attached hydrogens (primary N) is 2. The molecular formula is C25H33N6NaO3. The number of aromatic nitrogens is 2. The topological polar surface area (TPSA) is 155 Å². The summed E-state index contributed by atoms with van der Waals surface area (Å²) in [7, 11) is 0. The second-order valence-corrected chi connectivity index (χ2v) is 8.25. The summed E-state index contributed by atoms with van der Waals surface area (Å²) in [6.45, 7) is 10.9. The van der Waals surface area contributed by atoms with E-state index in [1.54, 1.807) is 10.6 Å². The molecule has 0 fully saturated rings. The zero-order valence-corrected chi connectivity index (χ0v) is 23.1. The van der Waals surface area contributed by atoms with E-state index in [-0.39, 0.29) is 47.5 Å². The van der Waals surface area contributed by atoms with Gasteiger partial charge in [0.1, 0.15) is 11.4 Å². The van der Waals surface area contributed by atoms with Crippen molar-refractivity contribution in [1.29, 1.82) is 0 Å². The summed E-state index contributed by atoms with van der Waals surface area (Å²) in [5.41, 5.74) is 4.29. The third-order valence-corrected chi connectivity index (χ3v) is 5.28.